The molecule has 4 atom stereocenters. The Morgan fingerprint density at radius 3 is 2.81 bits per heavy atom. The molecule has 1 unspecified atom stereocenters. The van der Waals surface area contributed by atoms with Crippen molar-refractivity contribution in [2.24, 2.45) is 17.3 Å². The first-order chi connectivity index (χ1) is 9.59. The zero-order valence-corrected chi connectivity index (χ0v) is 12.1. The van der Waals surface area contributed by atoms with Crippen LogP contribution >= 0.6 is 0 Å². The van der Waals surface area contributed by atoms with Crippen molar-refractivity contribution in [2.75, 3.05) is 0 Å². The van der Waals surface area contributed by atoms with E-state index in [-0.39, 0.29) is 56.8 Å². The molecule has 4 rings (SSSR count). The molecule has 1 aromatic carbocycles. The van der Waals surface area contributed by atoms with E-state index in [9.17, 15) is 9.90 Å². The van der Waals surface area contributed by atoms with Gasteiger partial charge >= 0.3 is 51.4 Å². The molecule has 2 nitrogen and oxygen atoms in total. The van der Waals surface area contributed by atoms with Crippen molar-refractivity contribution in [1.82, 2.24) is 0 Å². The molecule has 0 aliphatic heterocycles. The van der Waals surface area contributed by atoms with Gasteiger partial charge in [-0.2, -0.15) is 0 Å². The van der Waals surface area contributed by atoms with Crippen molar-refractivity contribution in [3.05, 3.63) is 29.3 Å². The first-order valence-electron chi connectivity index (χ1n) is 7.95. The summed E-state index contributed by atoms with van der Waals surface area (Å²) in [6, 6.07) is 5.90. The van der Waals surface area contributed by atoms with Crippen LogP contribution in [0.5, 0.6) is 5.75 Å². The quantitative estimate of drug-likeness (QED) is 0.747. The third kappa shape index (κ3) is 2.40. The van der Waals surface area contributed by atoms with Gasteiger partial charge in [0.2, 0.25) is 0 Å². The molecule has 0 heterocycles. The molecule has 0 radical (unpaired) electrons. The van der Waals surface area contributed by atoms with Gasteiger partial charge in [0.25, 0.3) is 0 Å². The second-order valence-electron chi connectivity index (χ2n) is 7.22. The number of benzene rings is 1. The van der Waals surface area contributed by atoms with E-state index < -0.39 is 0 Å². The van der Waals surface area contributed by atoms with Gasteiger partial charge in [-0.1, -0.05) is 13.0 Å². The standard InChI is InChI=1S/C18H22O2.K.H/c1-18-9-8-14-13-5-3-12(19)10-11(13)2-4-15(14)16(18)6-7-17(18)20;;/h3,5,10,14-16,19H,2,4,6-9H2,1H3;;/t14-,15-,16?,18-;;/m0../s1. The van der Waals surface area contributed by atoms with Gasteiger partial charge in [0.1, 0.15) is 11.5 Å². The van der Waals surface area contributed by atoms with Gasteiger partial charge < -0.3 is 5.11 Å². The Morgan fingerprint density at radius 1 is 1.19 bits per heavy atom. The Labute approximate surface area is 169 Å². The number of rotatable bonds is 0. The van der Waals surface area contributed by atoms with Crippen molar-refractivity contribution in [3.63, 3.8) is 0 Å². The maximum atomic E-state index is 12.3. The fourth-order valence-corrected chi connectivity index (χ4v) is 5.34. The Morgan fingerprint density at radius 2 is 2.00 bits per heavy atom. The van der Waals surface area contributed by atoms with Crippen LogP contribution in [0.25, 0.3) is 0 Å². The summed E-state index contributed by atoms with van der Waals surface area (Å²) in [7, 11) is 0. The van der Waals surface area contributed by atoms with Crippen LogP contribution in [-0.4, -0.2) is 62.3 Å². The van der Waals surface area contributed by atoms with Crippen LogP contribution in [0.4, 0.5) is 0 Å². The number of phenols is 1. The van der Waals surface area contributed by atoms with E-state index in [0.29, 0.717) is 29.3 Å². The number of aryl methyl sites for hydroxylation is 1. The first kappa shape index (κ1) is 16.2. The fraction of sp³-hybridized carbons (Fsp3) is 0.611. The number of fused-ring (bicyclic) bond motifs is 5. The second-order valence-corrected chi connectivity index (χ2v) is 7.22. The van der Waals surface area contributed by atoms with Gasteiger partial charge in [0.15, 0.2) is 0 Å². The molecule has 1 aromatic rings. The Kier molecular flexibility index (Phi) is 4.44. The monoisotopic (exact) mass is 310 g/mol. The van der Waals surface area contributed by atoms with Crippen molar-refractivity contribution in [2.45, 2.75) is 51.4 Å². The van der Waals surface area contributed by atoms with E-state index in [1.807, 2.05) is 12.1 Å². The number of ketones is 1. The van der Waals surface area contributed by atoms with Crippen molar-refractivity contribution in [1.29, 1.82) is 0 Å². The van der Waals surface area contributed by atoms with E-state index in [1.165, 1.54) is 17.5 Å². The summed E-state index contributed by atoms with van der Waals surface area (Å²) in [4.78, 5) is 12.3. The molecule has 0 spiro atoms. The van der Waals surface area contributed by atoms with E-state index in [4.69, 9.17) is 0 Å². The summed E-state index contributed by atoms with van der Waals surface area (Å²) in [6.07, 6.45) is 6.34. The molecule has 0 saturated heterocycles. The fourth-order valence-electron chi connectivity index (χ4n) is 5.34. The average molecular weight is 310 g/mol. The van der Waals surface area contributed by atoms with Gasteiger partial charge in [-0.3, -0.25) is 4.79 Å². The Balaban J connectivity index is 0.00000132. The molecular formula is C18H23KO2. The van der Waals surface area contributed by atoms with E-state index in [1.54, 1.807) is 0 Å². The van der Waals surface area contributed by atoms with Crippen molar-refractivity contribution in [3.8, 4) is 5.75 Å². The number of carbonyl (C=O) groups excluding carboxylic acids is 1. The average Bonchev–Trinajstić information content (AvgIpc) is 2.74. The Hall–Kier alpha value is 0.326. The number of aromatic hydroxyl groups is 1. The molecule has 1 N–H and O–H groups in total. The molecule has 2 saturated carbocycles. The normalized spacial score (nSPS) is 37.2. The van der Waals surface area contributed by atoms with Gasteiger partial charge in [-0.05, 0) is 73.1 Å². The van der Waals surface area contributed by atoms with Crippen LogP contribution in [-0.2, 0) is 11.2 Å². The Bertz CT molecular complexity index is 583. The van der Waals surface area contributed by atoms with E-state index in [0.717, 1.165) is 32.1 Å². The summed E-state index contributed by atoms with van der Waals surface area (Å²) in [5.41, 5.74) is 2.75. The third-order valence-corrected chi connectivity index (χ3v) is 6.42. The molecule has 3 aliphatic carbocycles. The SMILES string of the molecule is C[C@]12CC[C@H]3c4ccc(O)cc4CC[C@@H]3C1CCC2=O.[KH]. The molecule has 0 amide bonds. The van der Waals surface area contributed by atoms with Crippen LogP contribution in [0.1, 0.15) is 56.1 Å². The molecule has 108 valence electrons. The number of hydrogen-bond acceptors (Lipinski definition) is 2. The van der Waals surface area contributed by atoms with Crippen LogP contribution in [0.3, 0.4) is 0 Å². The summed E-state index contributed by atoms with van der Waals surface area (Å²) in [5.74, 6) is 2.78. The molecule has 0 bridgehead atoms. The van der Waals surface area contributed by atoms with Gasteiger partial charge in [0, 0.05) is 11.8 Å². The zero-order valence-electron chi connectivity index (χ0n) is 12.1. The molecule has 3 heteroatoms. The predicted molar refractivity (Wildman–Crippen MR) is 84.9 cm³/mol. The minimum atomic E-state index is -0.0322. The van der Waals surface area contributed by atoms with Crippen LogP contribution in [0.15, 0.2) is 18.2 Å². The first-order valence-corrected chi connectivity index (χ1v) is 7.95. The van der Waals surface area contributed by atoms with Crippen LogP contribution < -0.4 is 0 Å². The van der Waals surface area contributed by atoms with Gasteiger partial charge in [-0.15, -0.1) is 0 Å². The topological polar surface area (TPSA) is 37.3 Å². The van der Waals surface area contributed by atoms with Crippen molar-refractivity contribution >= 4 is 57.2 Å². The van der Waals surface area contributed by atoms with E-state index in [2.05, 4.69) is 13.0 Å². The summed E-state index contributed by atoms with van der Waals surface area (Å²) in [5, 5.41) is 9.67. The van der Waals surface area contributed by atoms with Gasteiger partial charge in [-0.25, -0.2) is 0 Å². The number of Topliss-reactive ketones (excluding diaryl/α,β-unsaturated/α-hetero) is 1. The van der Waals surface area contributed by atoms with Crippen LogP contribution in [0.2, 0.25) is 0 Å². The molecule has 3 aliphatic rings. The predicted octanol–water partition coefficient (Wildman–Crippen LogP) is 3.17. The molecule has 0 aromatic heterocycles. The number of phenolic OH excluding ortho intramolecular Hbond substituents is 1. The van der Waals surface area contributed by atoms with Gasteiger partial charge in [0.05, 0.1) is 0 Å². The molecular weight excluding hydrogens is 287 g/mol. The number of carbonyl (C=O) groups is 1. The van der Waals surface area contributed by atoms with Crippen LogP contribution in [0, 0.1) is 17.3 Å². The molecule has 21 heavy (non-hydrogen) atoms. The second kappa shape index (κ2) is 5.75. The summed E-state index contributed by atoms with van der Waals surface area (Å²) < 4.78 is 0. The summed E-state index contributed by atoms with van der Waals surface area (Å²) in [6.45, 7) is 2.22. The summed E-state index contributed by atoms with van der Waals surface area (Å²) >= 11 is 0. The number of hydrogen-bond donors (Lipinski definition) is 1. The molecule has 2 fully saturated rings. The minimum absolute atomic E-state index is 0. The van der Waals surface area contributed by atoms with E-state index >= 15 is 0 Å². The maximum absolute atomic E-state index is 12.3. The zero-order chi connectivity index (χ0) is 13.9. The van der Waals surface area contributed by atoms with Crippen molar-refractivity contribution < 1.29 is 9.90 Å². The third-order valence-electron chi connectivity index (χ3n) is 6.42.